The van der Waals surface area contributed by atoms with Crippen LogP contribution < -0.4 is 10.5 Å². The second-order valence-electron chi connectivity index (χ2n) is 4.19. The van der Waals surface area contributed by atoms with Gasteiger partial charge in [0.1, 0.15) is 11.9 Å². The van der Waals surface area contributed by atoms with E-state index >= 15 is 0 Å². The lowest BCUT2D eigenvalue weighted by Crippen LogP contribution is -2.05. The summed E-state index contributed by atoms with van der Waals surface area (Å²) in [5.41, 5.74) is 7.45. The maximum absolute atomic E-state index is 6.08. The van der Waals surface area contributed by atoms with Crippen LogP contribution in [0.3, 0.4) is 0 Å². The summed E-state index contributed by atoms with van der Waals surface area (Å²) >= 11 is 6.08. The van der Waals surface area contributed by atoms with Gasteiger partial charge >= 0.3 is 0 Å². The van der Waals surface area contributed by atoms with Gasteiger partial charge < -0.3 is 15.0 Å². The third kappa shape index (κ3) is 1.74. The van der Waals surface area contributed by atoms with Gasteiger partial charge in [-0.3, -0.25) is 0 Å². The van der Waals surface area contributed by atoms with Gasteiger partial charge in [0.05, 0.1) is 5.56 Å². The van der Waals surface area contributed by atoms with Crippen LogP contribution in [0.1, 0.15) is 12.5 Å². The first-order valence-corrected chi connectivity index (χ1v) is 5.73. The molecule has 1 aliphatic rings. The minimum atomic E-state index is 0.155. The molecule has 88 valence electrons. The third-order valence-corrected chi connectivity index (χ3v) is 2.97. The molecular weight excluding hydrogens is 240 g/mol. The molecule has 0 aliphatic carbocycles. The molecule has 0 saturated carbocycles. The number of rotatable bonds is 1. The van der Waals surface area contributed by atoms with Gasteiger partial charge in [0, 0.05) is 23.1 Å². The number of nitrogens with zero attached hydrogens (tertiary/aromatic N) is 1. The topological polar surface area (TPSA) is 61.3 Å². The van der Waals surface area contributed by atoms with Gasteiger partial charge in [-0.15, -0.1) is 0 Å². The molecule has 2 heterocycles. The Kier molecular flexibility index (Phi) is 2.26. The highest BCUT2D eigenvalue weighted by Gasteiger charge is 2.25. The van der Waals surface area contributed by atoms with Crippen molar-refractivity contribution >= 4 is 17.4 Å². The zero-order valence-electron chi connectivity index (χ0n) is 9.24. The summed E-state index contributed by atoms with van der Waals surface area (Å²) in [7, 11) is 0. The molecule has 3 rings (SSSR count). The van der Waals surface area contributed by atoms with Gasteiger partial charge in [-0.2, -0.15) is 0 Å². The summed E-state index contributed by atoms with van der Waals surface area (Å²) < 4.78 is 10.9. The number of ether oxygens (including phenoxy) is 1. The van der Waals surface area contributed by atoms with E-state index < -0.39 is 0 Å². The van der Waals surface area contributed by atoms with Gasteiger partial charge in [-0.1, -0.05) is 16.8 Å². The maximum Gasteiger partial charge on any atom is 0.172 e. The first-order valence-electron chi connectivity index (χ1n) is 5.35. The summed E-state index contributed by atoms with van der Waals surface area (Å²) in [6, 6.07) is 5.39. The number of hydrogen-bond donors (Lipinski definition) is 1. The molecule has 17 heavy (non-hydrogen) atoms. The van der Waals surface area contributed by atoms with Crippen LogP contribution in [0, 0.1) is 0 Å². The second kappa shape index (κ2) is 3.67. The van der Waals surface area contributed by atoms with E-state index in [-0.39, 0.29) is 6.10 Å². The Hall–Kier alpha value is -1.68. The Bertz CT molecular complexity index is 580. The highest BCUT2D eigenvalue weighted by atomic mass is 35.5. The summed E-state index contributed by atoms with van der Waals surface area (Å²) in [5.74, 6) is 1.74. The number of nitrogen functional groups attached to an aromatic ring is 1. The molecule has 0 fully saturated rings. The van der Waals surface area contributed by atoms with Crippen molar-refractivity contribution in [2.75, 3.05) is 5.73 Å². The van der Waals surface area contributed by atoms with E-state index in [4.69, 9.17) is 26.6 Å². The first-order chi connectivity index (χ1) is 8.13. The zero-order chi connectivity index (χ0) is 12.0. The Morgan fingerprint density at radius 1 is 1.41 bits per heavy atom. The molecule has 1 aromatic heterocycles. The molecule has 4 nitrogen and oxygen atoms in total. The molecule has 0 amide bonds. The van der Waals surface area contributed by atoms with Crippen LogP contribution in [-0.4, -0.2) is 11.3 Å². The molecule has 1 aliphatic heterocycles. The van der Waals surface area contributed by atoms with Crippen molar-refractivity contribution in [2.24, 2.45) is 0 Å². The summed E-state index contributed by atoms with van der Waals surface area (Å²) in [6.07, 6.45) is 1.01. The van der Waals surface area contributed by atoms with E-state index in [1.165, 1.54) is 0 Å². The lowest BCUT2D eigenvalue weighted by molar-refractivity contribution is 0.255. The molecule has 0 bridgehead atoms. The molecule has 2 aromatic rings. The molecule has 1 unspecified atom stereocenters. The van der Waals surface area contributed by atoms with Crippen molar-refractivity contribution in [2.45, 2.75) is 19.4 Å². The minimum Gasteiger partial charge on any atom is -0.489 e. The van der Waals surface area contributed by atoms with E-state index in [0.29, 0.717) is 16.6 Å². The van der Waals surface area contributed by atoms with Crippen LogP contribution in [0.2, 0.25) is 5.02 Å². The maximum atomic E-state index is 6.08. The summed E-state index contributed by atoms with van der Waals surface area (Å²) in [6.45, 7) is 2.02. The van der Waals surface area contributed by atoms with Crippen LogP contribution in [0.25, 0.3) is 11.3 Å². The normalized spacial score (nSPS) is 17.9. The Morgan fingerprint density at radius 3 is 2.94 bits per heavy atom. The lowest BCUT2D eigenvalue weighted by Gasteiger charge is -2.07. The average molecular weight is 251 g/mol. The predicted octanol–water partition coefficient (Wildman–Crippen LogP) is 2.90. The zero-order valence-corrected chi connectivity index (χ0v) is 9.99. The number of nitrogens with two attached hydrogens (primary N) is 1. The molecule has 0 spiro atoms. The number of fused-ring (bicyclic) bond motifs is 1. The summed E-state index contributed by atoms with van der Waals surface area (Å²) in [5, 5.41) is 4.33. The highest BCUT2D eigenvalue weighted by molar-refractivity contribution is 6.31. The van der Waals surface area contributed by atoms with Gasteiger partial charge in [0.25, 0.3) is 0 Å². The van der Waals surface area contributed by atoms with Gasteiger partial charge in [-0.05, 0) is 19.1 Å². The van der Waals surface area contributed by atoms with Crippen LogP contribution in [0.5, 0.6) is 5.75 Å². The fourth-order valence-electron chi connectivity index (χ4n) is 2.09. The Labute approximate surface area is 103 Å². The SMILES string of the molecule is CC1Cc2cc(Cl)cc(-c3cc(N)no3)c2O1. The molecule has 1 atom stereocenters. The van der Waals surface area contributed by atoms with E-state index in [0.717, 1.165) is 23.3 Å². The fourth-order valence-corrected chi connectivity index (χ4v) is 2.33. The van der Waals surface area contributed by atoms with E-state index in [2.05, 4.69) is 5.16 Å². The average Bonchev–Trinajstić information content (AvgIpc) is 2.82. The highest BCUT2D eigenvalue weighted by Crippen LogP contribution is 2.41. The fraction of sp³-hybridized carbons (Fsp3) is 0.250. The molecule has 2 N–H and O–H groups in total. The first kappa shape index (κ1) is 10.5. The number of aromatic nitrogens is 1. The van der Waals surface area contributed by atoms with Crippen molar-refractivity contribution in [1.82, 2.24) is 5.16 Å². The van der Waals surface area contributed by atoms with Crippen LogP contribution >= 0.6 is 11.6 Å². The number of anilines is 1. The number of halogens is 1. The number of benzene rings is 1. The molecule has 0 radical (unpaired) electrons. The van der Waals surface area contributed by atoms with Crippen molar-refractivity contribution in [3.8, 4) is 17.1 Å². The van der Waals surface area contributed by atoms with Gasteiger partial charge in [0.2, 0.25) is 0 Å². The quantitative estimate of drug-likeness (QED) is 0.845. The predicted molar refractivity (Wildman–Crippen MR) is 65.2 cm³/mol. The summed E-state index contributed by atoms with van der Waals surface area (Å²) in [4.78, 5) is 0. The Morgan fingerprint density at radius 2 is 2.24 bits per heavy atom. The van der Waals surface area contributed by atoms with E-state index in [1.54, 1.807) is 12.1 Å². The standard InChI is InChI=1S/C12H11ClN2O2/c1-6-2-7-3-8(13)4-9(12(7)16-6)10-5-11(14)15-17-10/h3-6H,2H2,1H3,(H2,14,15). The van der Waals surface area contributed by atoms with Gasteiger partial charge in [-0.25, -0.2) is 0 Å². The molecule has 5 heteroatoms. The Balaban J connectivity index is 2.17. The van der Waals surface area contributed by atoms with Gasteiger partial charge in [0.15, 0.2) is 11.6 Å². The molecule has 0 saturated heterocycles. The minimum absolute atomic E-state index is 0.155. The van der Waals surface area contributed by atoms with Crippen LogP contribution in [0.4, 0.5) is 5.82 Å². The van der Waals surface area contributed by atoms with E-state index in [1.807, 2.05) is 13.0 Å². The van der Waals surface area contributed by atoms with Crippen molar-refractivity contribution in [3.05, 3.63) is 28.8 Å². The smallest absolute Gasteiger partial charge is 0.172 e. The number of hydrogen-bond acceptors (Lipinski definition) is 4. The van der Waals surface area contributed by atoms with Crippen molar-refractivity contribution in [1.29, 1.82) is 0 Å². The third-order valence-electron chi connectivity index (χ3n) is 2.75. The van der Waals surface area contributed by atoms with Crippen molar-refractivity contribution in [3.63, 3.8) is 0 Å². The molecule has 1 aromatic carbocycles. The van der Waals surface area contributed by atoms with Crippen molar-refractivity contribution < 1.29 is 9.26 Å². The van der Waals surface area contributed by atoms with Crippen LogP contribution in [-0.2, 0) is 6.42 Å². The van der Waals surface area contributed by atoms with E-state index in [9.17, 15) is 0 Å². The monoisotopic (exact) mass is 250 g/mol. The molecular formula is C12H11ClN2O2. The lowest BCUT2D eigenvalue weighted by atomic mass is 10.1. The second-order valence-corrected chi connectivity index (χ2v) is 4.63. The largest absolute Gasteiger partial charge is 0.489 e. The van der Waals surface area contributed by atoms with Crippen LogP contribution in [0.15, 0.2) is 22.7 Å².